The van der Waals surface area contributed by atoms with Crippen molar-refractivity contribution in [3.63, 3.8) is 0 Å². The molecule has 0 radical (unpaired) electrons. The topological polar surface area (TPSA) is 43.1 Å². The van der Waals surface area contributed by atoms with Crippen molar-refractivity contribution in [2.75, 3.05) is 0 Å². The zero-order chi connectivity index (χ0) is 17.0. The first-order chi connectivity index (χ1) is 11.6. The lowest BCUT2D eigenvalue weighted by atomic mass is 9.49. The molecule has 0 aliphatic heterocycles. The van der Waals surface area contributed by atoms with Gasteiger partial charge in [-0.3, -0.25) is 4.79 Å². The summed E-state index contributed by atoms with van der Waals surface area (Å²) < 4.78 is 0. The average Bonchev–Trinajstić information content (AvgIpc) is 2.63. The van der Waals surface area contributed by atoms with Crippen molar-refractivity contribution in [3.8, 4) is 0 Å². The van der Waals surface area contributed by atoms with E-state index in [4.69, 9.17) is 5.73 Å². The van der Waals surface area contributed by atoms with Crippen LogP contribution >= 0.6 is 0 Å². The average molecular weight is 334 g/mol. The molecule has 0 saturated heterocycles. The third-order valence-electron chi connectivity index (χ3n) is 8.23. The number of hydrogen-bond acceptors (Lipinski definition) is 1. The zero-order valence-electron chi connectivity index (χ0n) is 16.0. The van der Waals surface area contributed by atoms with E-state index in [0.717, 1.165) is 24.7 Å². The SMILES string of the molecule is CCC[C@]1(C2(C(N)=O)CCCCC2)CC[C@@H](C2CCCCC2)CC1. The Balaban J connectivity index is 1.75. The molecule has 0 atom stereocenters. The quantitative estimate of drug-likeness (QED) is 0.661. The van der Waals surface area contributed by atoms with Crippen molar-refractivity contribution in [2.45, 2.75) is 110 Å². The molecule has 0 aromatic heterocycles. The minimum Gasteiger partial charge on any atom is -0.369 e. The van der Waals surface area contributed by atoms with Crippen molar-refractivity contribution < 1.29 is 4.79 Å². The monoisotopic (exact) mass is 333 g/mol. The highest BCUT2D eigenvalue weighted by molar-refractivity contribution is 5.82. The number of rotatable bonds is 5. The molecule has 0 bridgehead atoms. The summed E-state index contributed by atoms with van der Waals surface area (Å²) in [5, 5.41) is 0. The number of hydrogen-bond donors (Lipinski definition) is 1. The van der Waals surface area contributed by atoms with Gasteiger partial charge in [0, 0.05) is 0 Å². The van der Waals surface area contributed by atoms with E-state index in [-0.39, 0.29) is 16.7 Å². The molecule has 0 heterocycles. The Bertz CT molecular complexity index is 410. The Kier molecular flexibility index (Phi) is 5.93. The lowest BCUT2D eigenvalue weighted by molar-refractivity contribution is -0.145. The molecule has 3 rings (SSSR count). The minimum absolute atomic E-state index is 0.0340. The molecule has 0 aromatic rings. The maximum absolute atomic E-state index is 12.7. The van der Waals surface area contributed by atoms with E-state index < -0.39 is 0 Å². The Morgan fingerprint density at radius 1 is 0.833 bits per heavy atom. The van der Waals surface area contributed by atoms with Gasteiger partial charge >= 0.3 is 0 Å². The van der Waals surface area contributed by atoms with Gasteiger partial charge in [-0.05, 0) is 62.2 Å². The summed E-state index contributed by atoms with van der Waals surface area (Å²) in [5.41, 5.74) is 6.13. The maximum Gasteiger partial charge on any atom is 0.224 e. The summed E-state index contributed by atoms with van der Waals surface area (Å²) >= 11 is 0. The van der Waals surface area contributed by atoms with Gasteiger partial charge in [-0.25, -0.2) is 0 Å². The van der Waals surface area contributed by atoms with Gasteiger partial charge in [0.05, 0.1) is 5.41 Å². The Morgan fingerprint density at radius 3 is 1.92 bits per heavy atom. The molecule has 138 valence electrons. The van der Waals surface area contributed by atoms with Crippen molar-refractivity contribution in [1.29, 1.82) is 0 Å². The van der Waals surface area contributed by atoms with Crippen molar-refractivity contribution in [1.82, 2.24) is 0 Å². The Morgan fingerprint density at radius 2 is 1.38 bits per heavy atom. The van der Waals surface area contributed by atoms with Crippen LogP contribution in [0, 0.1) is 22.7 Å². The molecule has 0 unspecified atom stereocenters. The minimum atomic E-state index is -0.182. The standard InChI is InChI=1S/C22H39NO/c1-2-13-21(22(20(23)24)14-7-4-8-15-22)16-11-19(12-17-21)18-9-5-3-6-10-18/h18-19H,2-17H2,1H3,(H2,23,24)/t19-,21+. The molecular weight excluding hydrogens is 294 g/mol. The van der Waals surface area contributed by atoms with Gasteiger partial charge in [0.15, 0.2) is 0 Å². The normalized spacial score (nSPS) is 34.8. The third kappa shape index (κ3) is 3.27. The largest absolute Gasteiger partial charge is 0.369 e. The fourth-order valence-corrected chi connectivity index (χ4v) is 6.91. The van der Waals surface area contributed by atoms with E-state index in [0.29, 0.717) is 0 Å². The molecular formula is C22H39NO. The van der Waals surface area contributed by atoms with Crippen LogP contribution in [0.4, 0.5) is 0 Å². The summed E-state index contributed by atoms with van der Waals surface area (Å²) in [7, 11) is 0. The second kappa shape index (κ2) is 7.79. The molecule has 0 aromatic carbocycles. The van der Waals surface area contributed by atoms with E-state index in [1.165, 1.54) is 89.9 Å². The zero-order valence-corrected chi connectivity index (χ0v) is 16.0. The second-order valence-corrected chi connectivity index (χ2v) is 9.27. The van der Waals surface area contributed by atoms with E-state index >= 15 is 0 Å². The van der Waals surface area contributed by atoms with Gasteiger partial charge in [0.25, 0.3) is 0 Å². The molecule has 3 saturated carbocycles. The summed E-state index contributed by atoms with van der Waals surface area (Å²) in [4.78, 5) is 12.7. The highest BCUT2D eigenvalue weighted by atomic mass is 16.1. The summed E-state index contributed by atoms with van der Waals surface area (Å²) in [6.45, 7) is 2.30. The van der Waals surface area contributed by atoms with Crippen molar-refractivity contribution in [2.24, 2.45) is 28.4 Å². The predicted octanol–water partition coefficient (Wildman–Crippen LogP) is 5.98. The molecule has 2 heteroatoms. The van der Waals surface area contributed by atoms with Crippen LogP contribution in [0.3, 0.4) is 0 Å². The van der Waals surface area contributed by atoms with Crippen LogP contribution in [-0.4, -0.2) is 5.91 Å². The number of amides is 1. The molecule has 2 N–H and O–H groups in total. The Labute approximate surface area is 149 Å². The fraction of sp³-hybridized carbons (Fsp3) is 0.955. The highest BCUT2D eigenvalue weighted by Gasteiger charge is 2.55. The van der Waals surface area contributed by atoms with Gasteiger partial charge in [-0.2, -0.15) is 0 Å². The Hall–Kier alpha value is -0.530. The smallest absolute Gasteiger partial charge is 0.224 e. The number of carbonyl (C=O) groups is 1. The maximum atomic E-state index is 12.7. The number of carbonyl (C=O) groups excluding carboxylic acids is 1. The lowest BCUT2D eigenvalue weighted by Gasteiger charge is -2.55. The summed E-state index contributed by atoms with van der Waals surface area (Å²) in [5.74, 6) is 1.95. The van der Waals surface area contributed by atoms with Crippen LogP contribution in [0.1, 0.15) is 110 Å². The van der Waals surface area contributed by atoms with Crippen LogP contribution in [0.5, 0.6) is 0 Å². The van der Waals surface area contributed by atoms with Crippen LogP contribution < -0.4 is 5.73 Å². The van der Waals surface area contributed by atoms with Gasteiger partial charge in [-0.15, -0.1) is 0 Å². The van der Waals surface area contributed by atoms with Crippen LogP contribution in [-0.2, 0) is 4.79 Å². The summed E-state index contributed by atoms with van der Waals surface area (Å²) in [6.07, 6.45) is 20.8. The van der Waals surface area contributed by atoms with E-state index in [9.17, 15) is 4.79 Å². The molecule has 0 spiro atoms. The number of nitrogens with two attached hydrogens (primary N) is 1. The first kappa shape index (κ1) is 18.3. The van der Waals surface area contributed by atoms with Crippen molar-refractivity contribution >= 4 is 5.91 Å². The third-order valence-corrected chi connectivity index (χ3v) is 8.23. The van der Waals surface area contributed by atoms with Gasteiger partial charge in [0.2, 0.25) is 5.91 Å². The molecule has 3 aliphatic carbocycles. The second-order valence-electron chi connectivity index (χ2n) is 9.27. The molecule has 1 amide bonds. The van der Waals surface area contributed by atoms with Gasteiger partial charge in [0.1, 0.15) is 0 Å². The van der Waals surface area contributed by atoms with Crippen LogP contribution in [0.15, 0.2) is 0 Å². The van der Waals surface area contributed by atoms with E-state index in [1.807, 2.05) is 0 Å². The van der Waals surface area contributed by atoms with Gasteiger partial charge < -0.3 is 5.73 Å². The van der Waals surface area contributed by atoms with Gasteiger partial charge in [-0.1, -0.05) is 64.7 Å². The summed E-state index contributed by atoms with van der Waals surface area (Å²) in [6, 6.07) is 0. The van der Waals surface area contributed by atoms with E-state index in [1.54, 1.807) is 0 Å². The molecule has 2 nitrogen and oxygen atoms in total. The first-order valence-corrected chi connectivity index (χ1v) is 10.9. The fourth-order valence-electron chi connectivity index (χ4n) is 6.91. The number of primary amides is 1. The lowest BCUT2D eigenvalue weighted by Crippen LogP contribution is -2.53. The van der Waals surface area contributed by atoms with Crippen molar-refractivity contribution in [3.05, 3.63) is 0 Å². The van der Waals surface area contributed by atoms with Crippen LogP contribution in [0.25, 0.3) is 0 Å². The van der Waals surface area contributed by atoms with Crippen LogP contribution in [0.2, 0.25) is 0 Å². The molecule has 3 fully saturated rings. The predicted molar refractivity (Wildman–Crippen MR) is 101 cm³/mol. The highest BCUT2D eigenvalue weighted by Crippen LogP contribution is 2.60. The molecule has 24 heavy (non-hydrogen) atoms. The van der Waals surface area contributed by atoms with E-state index in [2.05, 4.69) is 6.92 Å². The first-order valence-electron chi connectivity index (χ1n) is 10.9. The molecule has 3 aliphatic rings.